The second kappa shape index (κ2) is 7.28. The van der Waals surface area contributed by atoms with Gasteiger partial charge in [0.2, 0.25) is 0 Å². The number of benzene rings is 1. The average molecular weight is 284 g/mol. The van der Waals surface area contributed by atoms with Gasteiger partial charge in [-0.1, -0.05) is 18.2 Å². The molecular formula is C16H20N4O. The molecule has 0 aliphatic heterocycles. The van der Waals surface area contributed by atoms with Crippen LogP contribution in [0, 0.1) is 0 Å². The van der Waals surface area contributed by atoms with Crippen molar-refractivity contribution in [2.24, 2.45) is 0 Å². The van der Waals surface area contributed by atoms with Gasteiger partial charge in [0.25, 0.3) is 5.91 Å². The van der Waals surface area contributed by atoms with E-state index < -0.39 is 0 Å². The Morgan fingerprint density at radius 2 is 2.00 bits per heavy atom. The zero-order valence-electron chi connectivity index (χ0n) is 12.1. The maximum atomic E-state index is 11.9. The van der Waals surface area contributed by atoms with Crippen LogP contribution in [0.1, 0.15) is 16.9 Å². The molecule has 0 aliphatic carbocycles. The van der Waals surface area contributed by atoms with Gasteiger partial charge in [0.15, 0.2) is 5.69 Å². The first kappa shape index (κ1) is 14.8. The third kappa shape index (κ3) is 4.21. The van der Waals surface area contributed by atoms with Crippen molar-refractivity contribution >= 4 is 17.3 Å². The van der Waals surface area contributed by atoms with E-state index in [1.165, 1.54) is 0 Å². The summed E-state index contributed by atoms with van der Waals surface area (Å²) in [5.41, 5.74) is 7.57. The van der Waals surface area contributed by atoms with E-state index in [9.17, 15) is 4.79 Å². The van der Waals surface area contributed by atoms with E-state index in [4.69, 9.17) is 5.73 Å². The van der Waals surface area contributed by atoms with Crippen LogP contribution in [-0.4, -0.2) is 31.0 Å². The molecule has 3 N–H and O–H groups in total. The molecule has 0 saturated heterocycles. The van der Waals surface area contributed by atoms with Gasteiger partial charge >= 0.3 is 0 Å². The Morgan fingerprint density at radius 1 is 1.24 bits per heavy atom. The molecule has 0 spiro atoms. The van der Waals surface area contributed by atoms with E-state index in [0.717, 1.165) is 18.7 Å². The summed E-state index contributed by atoms with van der Waals surface area (Å²) < 4.78 is 0. The number of nitrogens with two attached hydrogens (primary N) is 1. The number of rotatable bonds is 6. The predicted octanol–water partition coefficient (Wildman–Crippen LogP) is 1.92. The van der Waals surface area contributed by atoms with Gasteiger partial charge in [0.05, 0.1) is 5.69 Å². The molecule has 1 amide bonds. The highest BCUT2D eigenvalue weighted by Crippen LogP contribution is 2.11. The predicted molar refractivity (Wildman–Crippen MR) is 85.3 cm³/mol. The number of nitrogens with zero attached hydrogens (tertiary/aromatic N) is 2. The van der Waals surface area contributed by atoms with Gasteiger partial charge in [0, 0.05) is 32.0 Å². The smallest absolute Gasteiger partial charge is 0.272 e. The van der Waals surface area contributed by atoms with Gasteiger partial charge in [0.1, 0.15) is 0 Å². The number of pyridine rings is 1. The van der Waals surface area contributed by atoms with Crippen molar-refractivity contribution in [2.45, 2.75) is 6.42 Å². The van der Waals surface area contributed by atoms with Crippen molar-refractivity contribution in [3.63, 3.8) is 0 Å². The molecular weight excluding hydrogens is 264 g/mol. The molecule has 0 saturated carbocycles. The summed E-state index contributed by atoms with van der Waals surface area (Å²) >= 11 is 0. The highest BCUT2D eigenvalue weighted by atomic mass is 16.1. The zero-order valence-corrected chi connectivity index (χ0v) is 12.1. The summed E-state index contributed by atoms with van der Waals surface area (Å²) in [6, 6.07) is 13.5. The van der Waals surface area contributed by atoms with Gasteiger partial charge in [-0.2, -0.15) is 0 Å². The highest BCUT2D eigenvalue weighted by molar-refractivity contribution is 5.96. The second-order valence-corrected chi connectivity index (χ2v) is 4.81. The summed E-state index contributed by atoms with van der Waals surface area (Å²) in [7, 11) is 2.04. The van der Waals surface area contributed by atoms with Crippen LogP contribution in [0.2, 0.25) is 0 Å². The molecule has 2 aromatic rings. The van der Waals surface area contributed by atoms with E-state index in [1.807, 2.05) is 25.2 Å². The van der Waals surface area contributed by atoms with Crippen LogP contribution in [0.5, 0.6) is 0 Å². The minimum atomic E-state index is -0.226. The summed E-state index contributed by atoms with van der Waals surface area (Å²) in [5, 5.41) is 2.84. The number of amides is 1. The largest absolute Gasteiger partial charge is 0.397 e. The third-order valence-corrected chi connectivity index (χ3v) is 3.21. The fraction of sp³-hybridized carbons (Fsp3) is 0.250. The standard InChI is InChI=1S/C16H20N4O/c1-20(13-7-3-2-4-8-13)12-6-11-19-16(21)15-14(17)9-5-10-18-15/h2-5,7-10H,6,11-12,17H2,1H3,(H,19,21). The van der Waals surface area contributed by atoms with Gasteiger partial charge in [-0.15, -0.1) is 0 Å². The summed E-state index contributed by atoms with van der Waals surface area (Å²) in [6.45, 7) is 1.45. The molecule has 0 atom stereocenters. The van der Waals surface area contributed by atoms with Crippen LogP contribution in [0.3, 0.4) is 0 Å². The maximum absolute atomic E-state index is 11.9. The number of para-hydroxylation sites is 1. The minimum absolute atomic E-state index is 0.226. The van der Waals surface area contributed by atoms with Crippen LogP contribution in [0.15, 0.2) is 48.7 Å². The number of hydrogen-bond acceptors (Lipinski definition) is 4. The monoisotopic (exact) mass is 284 g/mol. The van der Waals surface area contributed by atoms with Gasteiger partial charge in [-0.3, -0.25) is 4.79 Å². The summed E-state index contributed by atoms with van der Waals surface area (Å²) in [5.74, 6) is -0.226. The first-order valence-electron chi connectivity index (χ1n) is 6.93. The molecule has 0 bridgehead atoms. The number of nitrogens with one attached hydrogen (secondary N) is 1. The SMILES string of the molecule is CN(CCCNC(=O)c1ncccc1N)c1ccccc1. The molecule has 0 unspecified atom stereocenters. The third-order valence-electron chi connectivity index (χ3n) is 3.21. The second-order valence-electron chi connectivity index (χ2n) is 4.81. The highest BCUT2D eigenvalue weighted by Gasteiger charge is 2.09. The van der Waals surface area contributed by atoms with Crippen LogP contribution in [0.4, 0.5) is 11.4 Å². The quantitative estimate of drug-likeness (QED) is 0.795. The molecule has 2 rings (SSSR count). The number of carbonyl (C=O) groups excluding carboxylic acids is 1. The van der Waals surface area contributed by atoms with Crippen molar-refractivity contribution in [3.8, 4) is 0 Å². The molecule has 0 radical (unpaired) electrons. The number of hydrogen-bond donors (Lipinski definition) is 2. The molecule has 0 aliphatic rings. The Bertz CT molecular complexity index is 586. The Morgan fingerprint density at radius 3 is 2.71 bits per heavy atom. The molecule has 5 heteroatoms. The van der Waals surface area contributed by atoms with E-state index in [0.29, 0.717) is 12.2 Å². The van der Waals surface area contributed by atoms with Crippen molar-refractivity contribution in [1.82, 2.24) is 10.3 Å². The number of anilines is 2. The Kier molecular flexibility index (Phi) is 5.15. The van der Waals surface area contributed by atoms with Crippen LogP contribution < -0.4 is 16.0 Å². The zero-order chi connectivity index (χ0) is 15.1. The van der Waals surface area contributed by atoms with Crippen molar-refractivity contribution in [1.29, 1.82) is 0 Å². The first-order chi connectivity index (χ1) is 10.2. The molecule has 21 heavy (non-hydrogen) atoms. The lowest BCUT2D eigenvalue weighted by Gasteiger charge is -2.19. The molecule has 1 heterocycles. The Balaban J connectivity index is 1.75. The minimum Gasteiger partial charge on any atom is -0.397 e. The van der Waals surface area contributed by atoms with Gasteiger partial charge in [-0.25, -0.2) is 4.98 Å². The Hall–Kier alpha value is -2.56. The Labute approximate surface area is 124 Å². The summed E-state index contributed by atoms with van der Waals surface area (Å²) in [4.78, 5) is 18.1. The molecule has 110 valence electrons. The molecule has 0 fully saturated rings. The lowest BCUT2D eigenvalue weighted by molar-refractivity contribution is 0.0949. The van der Waals surface area contributed by atoms with Crippen molar-refractivity contribution < 1.29 is 4.79 Å². The lowest BCUT2D eigenvalue weighted by Crippen LogP contribution is -2.29. The molecule has 1 aromatic heterocycles. The van der Waals surface area contributed by atoms with Gasteiger partial charge < -0.3 is 16.0 Å². The topological polar surface area (TPSA) is 71.2 Å². The average Bonchev–Trinajstić information content (AvgIpc) is 2.52. The normalized spacial score (nSPS) is 10.1. The number of aromatic nitrogens is 1. The first-order valence-corrected chi connectivity index (χ1v) is 6.93. The fourth-order valence-electron chi connectivity index (χ4n) is 2.02. The number of nitrogen functional groups attached to an aromatic ring is 1. The lowest BCUT2D eigenvalue weighted by atomic mass is 10.2. The van der Waals surface area contributed by atoms with Crippen LogP contribution >= 0.6 is 0 Å². The van der Waals surface area contributed by atoms with E-state index in [1.54, 1.807) is 18.3 Å². The van der Waals surface area contributed by atoms with Crippen LogP contribution in [-0.2, 0) is 0 Å². The molecule has 5 nitrogen and oxygen atoms in total. The van der Waals surface area contributed by atoms with E-state index >= 15 is 0 Å². The van der Waals surface area contributed by atoms with Crippen molar-refractivity contribution in [2.75, 3.05) is 30.8 Å². The van der Waals surface area contributed by atoms with E-state index in [2.05, 4.69) is 27.3 Å². The van der Waals surface area contributed by atoms with E-state index in [-0.39, 0.29) is 11.6 Å². The maximum Gasteiger partial charge on any atom is 0.272 e. The van der Waals surface area contributed by atoms with Crippen molar-refractivity contribution in [3.05, 3.63) is 54.4 Å². The number of carbonyl (C=O) groups is 1. The fourth-order valence-corrected chi connectivity index (χ4v) is 2.02. The van der Waals surface area contributed by atoms with Crippen LogP contribution in [0.25, 0.3) is 0 Å². The molecule has 1 aromatic carbocycles. The van der Waals surface area contributed by atoms with Gasteiger partial charge in [-0.05, 0) is 30.7 Å². The summed E-state index contributed by atoms with van der Waals surface area (Å²) in [6.07, 6.45) is 2.42.